The molecule has 3 rings (SSSR count). The van der Waals surface area contributed by atoms with E-state index >= 15 is 0 Å². The zero-order valence-electron chi connectivity index (χ0n) is 14.3. The van der Waals surface area contributed by atoms with Crippen LogP contribution in [0.1, 0.15) is 5.69 Å². The fourth-order valence-corrected chi connectivity index (χ4v) is 3.60. The average molecular weight is 410 g/mol. The minimum absolute atomic E-state index is 0.122. The first-order chi connectivity index (χ1) is 12.6. The molecule has 0 unspecified atom stereocenters. The van der Waals surface area contributed by atoms with Gasteiger partial charge in [-0.05, 0) is 31.2 Å². The number of hydrogen-bond donors (Lipinski definition) is 3. The molecule has 0 saturated heterocycles. The zero-order valence-corrected chi connectivity index (χ0v) is 15.9. The molecule has 0 aliphatic heterocycles. The molecule has 2 aromatic carbocycles. The molecular weight excluding hydrogens is 394 g/mol. The van der Waals surface area contributed by atoms with Gasteiger partial charge in [0.2, 0.25) is 0 Å². The number of phenols is 1. The number of nitrogens with one attached hydrogen (secondary N) is 1. The Kier molecular flexibility index (Phi) is 4.77. The van der Waals surface area contributed by atoms with Crippen LogP contribution >= 0.6 is 11.6 Å². The molecule has 0 aliphatic rings. The Morgan fingerprint density at radius 3 is 2.37 bits per heavy atom. The van der Waals surface area contributed by atoms with Gasteiger partial charge in [0, 0.05) is 12.7 Å². The van der Waals surface area contributed by atoms with E-state index in [1.807, 2.05) is 6.07 Å². The van der Waals surface area contributed by atoms with Crippen LogP contribution in [0.2, 0.25) is 5.02 Å². The van der Waals surface area contributed by atoms with Crippen LogP contribution in [0.25, 0.3) is 5.69 Å². The maximum Gasteiger partial charge on any atom is 0.298 e. The Balaban J connectivity index is 2.13. The van der Waals surface area contributed by atoms with Crippen molar-refractivity contribution in [1.82, 2.24) is 9.36 Å². The van der Waals surface area contributed by atoms with Crippen LogP contribution in [0.4, 0.5) is 11.4 Å². The van der Waals surface area contributed by atoms with E-state index in [2.05, 4.69) is 5.32 Å². The summed E-state index contributed by atoms with van der Waals surface area (Å²) in [5.41, 5.74) is 1.20. The number of anilines is 2. The van der Waals surface area contributed by atoms with Gasteiger partial charge in [-0.25, -0.2) is 4.68 Å². The Labute approximate surface area is 160 Å². The van der Waals surface area contributed by atoms with Crippen molar-refractivity contribution in [3.63, 3.8) is 0 Å². The van der Waals surface area contributed by atoms with Gasteiger partial charge in [0.25, 0.3) is 15.7 Å². The van der Waals surface area contributed by atoms with Crippen molar-refractivity contribution in [2.75, 3.05) is 5.32 Å². The monoisotopic (exact) mass is 409 g/mol. The Morgan fingerprint density at radius 1 is 1.15 bits per heavy atom. The third kappa shape index (κ3) is 3.44. The third-order valence-electron chi connectivity index (χ3n) is 4.13. The average Bonchev–Trinajstić information content (AvgIpc) is 2.81. The minimum Gasteiger partial charge on any atom is -0.505 e. The number of rotatable bonds is 4. The Hall–Kier alpha value is -2.75. The molecule has 0 saturated carbocycles. The van der Waals surface area contributed by atoms with Crippen molar-refractivity contribution in [1.29, 1.82) is 0 Å². The lowest BCUT2D eigenvalue weighted by atomic mass is 10.2. The lowest BCUT2D eigenvalue weighted by Gasteiger charge is -2.09. The molecule has 10 heteroatoms. The molecule has 142 valence electrons. The van der Waals surface area contributed by atoms with Crippen LogP contribution in [-0.4, -0.2) is 27.4 Å². The van der Waals surface area contributed by atoms with E-state index in [-0.39, 0.29) is 22.0 Å². The van der Waals surface area contributed by atoms with Crippen LogP contribution in [0.5, 0.6) is 5.75 Å². The van der Waals surface area contributed by atoms with Crippen molar-refractivity contribution in [3.8, 4) is 11.4 Å². The molecule has 8 nitrogen and oxygen atoms in total. The number of hydrogen-bond acceptors (Lipinski definition) is 5. The number of benzene rings is 2. The van der Waals surface area contributed by atoms with Gasteiger partial charge in [-0.2, -0.15) is 8.42 Å². The predicted octanol–water partition coefficient (Wildman–Crippen LogP) is 2.83. The summed E-state index contributed by atoms with van der Waals surface area (Å²) in [5, 5.41) is 12.3. The summed E-state index contributed by atoms with van der Waals surface area (Å²) in [6.07, 6.45) is 0. The molecule has 1 aromatic heterocycles. The van der Waals surface area contributed by atoms with Crippen molar-refractivity contribution >= 4 is 33.1 Å². The fourth-order valence-electron chi connectivity index (χ4n) is 2.70. The predicted molar refractivity (Wildman–Crippen MR) is 102 cm³/mol. The SMILES string of the molecule is Cc1c(Nc2cc(Cl)c(O)c(S(=O)(=O)O)c2)c(=O)n(-c2ccccc2)n1C. The highest BCUT2D eigenvalue weighted by atomic mass is 35.5. The highest BCUT2D eigenvalue weighted by Gasteiger charge is 2.21. The Bertz CT molecular complexity index is 1180. The van der Waals surface area contributed by atoms with Crippen molar-refractivity contribution in [3.05, 3.63) is 63.5 Å². The Morgan fingerprint density at radius 2 is 1.78 bits per heavy atom. The van der Waals surface area contributed by atoms with Gasteiger partial charge in [0.05, 0.1) is 16.4 Å². The van der Waals surface area contributed by atoms with Crippen LogP contribution in [-0.2, 0) is 17.2 Å². The smallest absolute Gasteiger partial charge is 0.298 e. The molecule has 0 fully saturated rings. The number of para-hydroxylation sites is 1. The molecule has 0 radical (unpaired) electrons. The van der Waals surface area contributed by atoms with E-state index in [0.29, 0.717) is 11.4 Å². The molecule has 3 aromatic rings. The lowest BCUT2D eigenvalue weighted by molar-refractivity contribution is 0.443. The molecule has 0 bridgehead atoms. The summed E-state index contributed by atoms with van der Waals surface area (Å²) in [5.74, 6) is -0.767. The van der Waals surface area contributed by atoms with E-state index in [1.165, 1.54) is 10.7 Å². The van der Waals surface area contributed by atoms with Crippen molar-refractivity contribution < 1.29 is 18.1 Å². The number of aromatic nitrogens is 2. The number of halogens is 1. The molecule has 1 heterocycles. The second kappa shape index (κ2) is 6.76. The minimum atomic E-state index is -4.70. The van der Waals surface area contributed by atoms with Gasteiger partial charge in [-0.3, -0.25) is 14.0 Å². The van der Waals surface area contributed by atoms with Crippen LogP contribution in [0.15, 0.2) is 52.2 Å². The number of phenolic OH excluding ortho intramolecular Hbond substituents is 1. The van der Waals surface area contributed by atoms with E-state index in [4.69, 9.17) is 11.6 Å². The van der Waals surface area contributed by atoms with Crippen LogP contribution in [0, 0.1) is 6.92 Å². The maximum absolute atomic E-state index is 12.9. The molecule has 0 aliphatic carbocycles. The quantitative estimate of drug-likeness (QED) is 0.451. The lowest BCUT2D eigenvalue weighted by Crippen LogP contribution is -2.20. The first kappa shape index (κ1) is 19.0. The van der Waals surface area contributed by atoms with Crippen LogP contribution < -0.4 is 10.9 Å². The van der Waals surface area contributed by atoms with Gasteiger partial charge >= 0.3 is 0 Å². The largest absolute Gasteiger partial charge is 0.505 e. The summed E-state index contributed by atoms with van der Waals surface area (Å²) < 4.78 is 35.2. The molecular formula is C17H16ClN3O5S. The van der Waals surface area contributed by atoms with E-state index in [9.17, 15) is 22.9 Å². The highest BCUT2D eigenvalue weighted by Crippen LogP contribution is 2.35. The van der Waals surface area contributed by atoms with E-state index in [1.54, 1.807) is 42.9 Å². The zero-order chi connectivity index (χ0) is 19.9. The van der Waals surface area contributed by atoms with Gasteiger partial charge in [-0.1, -0.05) is 29.8 Å². The van der Waals surface area contributed by atoms with E-state index < -0.39 is 20.8 Å². The van der Waals surface area contributed by atoms with Gasteiger partial charge in [0.1, 0.15) is 10.6 Å². The second-order valence-electron chi connectivity index (χ2n) is 5.84. The van der Waals surface area contributed by atoms with Gasteiger partial charge in [0.15, 0.2) is 5.75 Å². The topological polar surface area (TPSA) is 114 Å². The molecule has 0 atom stereocenters. The maximum atomic E-state index is 12.9. The van der Waals surface area contributed by atoms with Gasteiger partial charge < -0.3 is 10.4 Å². The number of aromatic hydroxyl groups is 1. The fraction of sp³-hybridized carbons (Fsp3) is 0.118. The summed E-state index contributed by atoms with van der Waals surface area (Å²) in [4.78, 5) is 12.1. The van der Waals surface area contributed by atoms with Crippen molar-refractivity contribution in [2.24, 2.45) is 7.05 Å². The van der Waals surface area contributed by atoms with Crippen molar-refractivity contribution in [2.45, 2.75) is 11.8 Å². The summed E-state index contributed by atoms with van der Waals surface area (Å²) in [6, 6.07) is 11.2. The highest BCUT2D eigenvalue weighted by molar-refractivity contribution is 7.86. The first-order valence-corrected chi connectivity index (χ1v) is 9.54. The second-order valence-corrected chi connectivity index (χ2v) is 7.64. The summed E-state index contributed by atoms with van der Waals surface area (Å²) in [7, 11) is -2.99. The molecule has 0 amide bonds. The van der Waals surface area contributed by atoms with Crippen LogP contribution in [0.3, 0.4) is 0 Å². The molecule has 0 spiro atoms. The normalized spacial score (nSPS) is 11.6. The number of nitrogens with zero attached hydrogens (tertiary/aromatic N) is 2. The van der Waals surface area contributed by atoms with Gasteiger partial charge in [-0.15, -0.1) is 0 Å². The standard InChI is InChI=1S/C17H16ClN3O5S/c1-10-15(17(23)21(20(10)2)12-6-4-3-5-7-12)19-11-8-13(18)16(22)14(9-11)27(24,25)26/h3-9,19,22H,1-2H3,(H,24,25,26). The molecule has 27 heavy (non-hydrogen) atoms. The third-order valence-corrected chi connectivity index (χ3v) is 5.29. The van der Waals surface area contributed by atoms with E-state index in [0.717, 1.165) is 6.07 Å². The summed E-state index contributed by atoms with van der Waals surface area (Å²) >= 11 is 5.85. The summed E-state index contributed by atoms with van der Waals surface area (Å²) in [6.45, 7) is 1.72. The first-order valence-electron chi connectivity index (χ1n) is 7.72. The molecule has 3 N–H and O–H groups in total.